The predicted octanol–water partition coefficient (Wildman–Crippen LogP) is 8.24. The van der Waals surface area contributed by atoms with Crippen molar-refractivity contribution in [3.63, 3.8) is 0 Å². The number of rotatable bonds is 11. The Bertz CT molecular complexity index is 1800. The molecule has 12 heteroatoms. The lowest BCUT2D eigenvalue weighted by atomic mass is 9.61. The van der Waals surface area contributed by atoms with Crippen LogP contribution in [-0.4, -0.2) is 106 Å². The van der Waals surface area contributed by atoms with Crippen LogP contribution in [0.1, 0.15) is 90.5 Å². The summed E-state index contributed by atoms with van der Waals surface area (Å²) < 4.78 is 32.2. The monoisotopic (exact) mass is 771 g/mol. The molecule has 0 radical (unpaired) electrons. The summed E-state index contributed by atoms with van der Waals surface area (Å²) in [5.74, 6) is 2.89. The number of likely N-dealkylation sites (tertiary alicyclic amines) is 1. The molecule has 7 rings (SSSR count). The van der Waals surface area contributed by atoms with Gasteiger partial charge in [0.15, 0.2) is 11.6 Å². The summed E-state index contributed by atoms with van der Waals surface area (Å²) >= 11 is 0. The summed E-state index contributed by atoms with van der Waals surface area (Å²) in [4.78, 5) is 35.0. The summed E-state index contributed by atoms with van der Waals surface area (Å²) in [6.45, 7) is 23.4. The fourth-order valence-corrected chi connectivity index (χ4v) is 8.14. The molecule has 3 aliphatic heterocycles. The zero-order chi connectivity index (χ0) is 40.0. The molecule has 0 bridgehead atoms. The van der Waals surface area contributed by atoms with Crippen molar-refractivity contribution in [2.45, 2.75) is 104 Å². The van der Waals surface area contributed by atoms with Gasteiger partial charge in [-0.25, -0.2) is 19.2 Å². The van der Waals surface area contributed by atoms with Gasteiger partial charge in [0.1, 0.15) is 35.3 Å². The average Bonchev–Trinajstić information content (AvgIpc) is 3.14. The third-order valence-corrected chi connectivity index (χ3v) is 11.6. The van der Waals surface area contributed by atoms with Crippen LogP contribution in [0.25, 0.3) is 6.08 Å². The summed E-state index contributed by atoms with van der Waals surface area (Å²) in [5, 5.41) is 0. The number of aromatic nitrogens is 3. The van der Waals surface area contributed by atoms with Crippen LogP contribution in [0, 0.1) is 17.2 Å². The normalized spacial score (nSPS) is 19.4. The van der Waals surface area contributed by atoms with Crippen molar-refractivity contribution in [1.82, 2.24) is 29.7 Å². The van der Waals surface area contributed by atoms with Crippen molar-refractivity contribution in [1.29, 1.82) is 0 Å². The topological polar surface area (TPSA) is 96.4 Å². The predicted molar refractivity (Wildman–Crippen MR) is 219 cm³/mol. The van der Waals surface area contributed by atoms with E-state index in [1.807, 2.05) is 37.9 Å². The zero-order valence-electron chi connectivity index (χ0n) is 34.6. The maximum atomic E-state index is 13.7. The summed E-state index contributed by atoms with van der Waals surface area (Å²) in [7, 11) is 2.13. The minimum Gasteiger partial charge on any atom is -0.490 e. The number of hydrogen-bond donors (Lipinski definition) is 0. The smallest absolute Gasteiger partial charge is 0.410 e. The Labute approximate surface area is 333 Å². The van der Waals surface area contributed by atoms with Crippen molar-refractivity contribution in [3.05, 3.63) is 72.2 Å². The fourth-order valence-electron chi connectivity index (χ4n) is 8.14. The second-order valence-electron chi connectivity index (χ2n) is 17.4. The molecule has 1 unspecified atom stereocenters. The van der Waals surface area contributed by atoms with Crippen LogP contribution in [0.5, 0.6) is 17.2 Å². The second-order valence-corrected chi connectivity index (χ2v) is 17.4. The van der Waals surface area contributed by atoms with E-state index in [4.69, 9.17) is 19.2 Å². The highest BCUT2D eigenvalue weighted by atomic mass is 19.1. The first kappa shape index (κ1) is 41.3. The molecule has 3 aromatic rings. The molecule has 304 valence electrons. The molecule has 56 heavy (non-hydrogen) atoms. The number of ether oxygens (including phenoxy) is 3. The maximum absolute atomic E-state index is 13.7. The Morgan fingerprint density at radius 3 is 2.61 bits per heavy atom. The van der Waals surface area contributed by atoms with Crippen molar-refractivity contribution in [3.8, 4) is 17.2 Å². The average molecular weight is 772 g/mol. The first-order chi connectivity index (χ1) is 26.7. The number of carbonyl (C=O) groups is 1. The standard InChI is InChI=1S/C38H47FN6O4.C6H15N/c1-5-27-17-28(39)8-9-32(27)48-34-20-40-25-42-35(34)45-23-38(24-45)18-29(19-38)47-33-10-13-41-31-12-16-43(22-30(31)33)15-11-26-7-6-14-44(21-26)36(46)49-37(2,3)4;1-5-7(4)6(2)3/h5,8-10,13,17,20,25-26,29H,1,6-7,11-12,14-16,18-19,21-24H2,2-4H3;6H,5H2,1-4H3. The lowest BCUT2D eigenvalue weighted by Crippen LogP contribution is -2.65. The number of halogens is 1. The highest BCUT2D eigenvalue weighted by molar-refractivity contribution is 5.68. The minimum atomic E-state index is -0.474. The number of piperidine rings is 1. The first-order valence-electron chi connectivity index (χ1n) is 20.4. The van der Waals surface area contributed by atoms with E-state index in [2.05, 4.69) is 59.1 Å². The van der Waals surface area contributed by atoms with Crippen LogP contribution in [0.2, 0.25) is 0 Å². The Balaban J connectivity index is 0.000000695. The number of fused-ring (bicyclic) bond motifs is 1. The van der Waals surface area contributed by atoms with Gasteiger partial charge in [-0.15, -0.1) is 0 Å². The fraction of sp³-hybridized carbons (Fsp3) is 0.591. The van der Waals surface area contributed by atoms with Gasteiger partial charge in [-0.1, -0.05) is 19.6 Å². The van der Waals surface area contributed by atoms with E-state index in [1.54, 1.807) is 18.3 Å². The molecule has 1 spiro atoms. The molecule has 2 aromatic heterocycles. The first-order valence-corrected chi connectivity index (χ1v) is 20.4. The van der Waals surface area contributed by atoms with E-state index >= 15 is 0 Å². The molecule has 1 amide bonds. The Morgan fingerprint density at radius 2 is 1.91 bits per heavy atom. The van der Waals surface area contributed by atoms with Crippen LogP contribution >= 0.6 is 0 Å². The van der Waals surface area contributed by atoms with Gasteiger partial charge in [-0.2, -0.15) is 0 Å². The van der Waals surface area contributed by atoms with Crippen molar-refractivity contribution in [2.24, 2.45) is 11.3 Å². The number of amides is 1. The SMILES string of the molecule is C=Cc1cc(F)ccc1Oc1cncnc1N1CC2(CC(Oc3ccnc4c3CN(CCC3CCCN(C(=O)OC(C)(C)C)C3)CC4)C2)C1.CCN(C)C(C)C. The van der Waals surface area contributed by atoms with Gasteiger partial charge in [0.05, 0.1) is 6.20 Å². The minimum absolute atomic E-state index is 0.167. The lowest BCUT2D eigenvalue weighted by molar-refractivity contribution is -0.0353. The molecular weight excluding hydrogens is 710 g/mol. The van der Waals surface area contributed by atoms with Crippen LogP contribution in [0.3, 0.4) is 0 Å². The lowest BCUT2D eigenvalue weighted by Gasteiger charge is -2.59. The van der Waals surface area contributed by atoms with Crippen LogP contribution in [0.4, 0.5) is 15.0 Å². The van der Waals surface area contributed by atoms with Gasteiger partial charge >= 0.3 is 6.09 Å². The van der Waals surface area contributed by atoms with Gasteiger partial charge in [0.2, 0.25) is 0 Å². The van der Waals surface area contributed by atoms with E-state index in [1.165, 1.54) is 24.0 Å². The number of benzene rings is 1. The van der Waals surface area contributed by atoms with E-state index < -0.39 is 5.60 Å². The third kappa shape index (κ3) is 10.4. The van der Waals surface area contributed by atoms with Crippen molar-refractivity contribution >= 4 is 18.0 Å². The van der Waals surface area contributed by atoms with E-state index in [0.29, 0.717) is 29.0 Å². The van der Waals surface area contributed by atoms with Crippen LogP contribution in [0.15, 0.2) is 49.6 Å². The molecular formula is C44H62FN7O4. The molecule has 3 fully saturated rings. The molecule has 1 aromatic carbocycles. The van der Waals surface area contributed by atoms with Crippen LogP contribution < -0.4 is 14.4 Å². The van der Waals surface area contributed by atoms with Gasteiger partial charge in [-0.05, 0) is 117 Å². The van der Waals surface area contributed by atoms with Gasteiger partial charge in [-0.3, -0.25) is 9.88 Å². The van der Waals surface area contributed by atoms with E-state index in [9.17, 15) is 9.18 Å². The Kier molecular flexibility index (Phi) is 13.2. The summed E-state index contributed by atoms with van der Waals surface area (Å²) in [6.07, 6.45) is 12.7. The van der Waals surface area contributed by atoms with E-state index in [0.717, 1.165) is 108 Å². The highest BCUT2D eigenvalue weighted by Crippen LogP contribution is 2.52. The molecule has 1 atom stereocenters. The molecule has 1 saturated carbocycles. The van der Waals surface area contributed by atoms with E-state index in [-0.39, 0.29) is 23.4 Å². The molecule has 0 N–H and O–H groups in total. The summed E-state index contributed by atoms with van der Waals surface area (Å²) in [6, 6.07) is 7.10. The number of carbonyl (C=O) groups excluding carboxylic acids is 1. The number of anilines is 1. The quantitative estimate of drug-likeness (QED) is 0.190. The Hall–Kier alpha value is -4.29. The van der Waals surface area contributed by atoms with Gasteiger partial charge in [0.25, 0.3) is 0 Å². The number of nitrogens with zero attached hydrogens (tertiary/aromatic N) is 7. The Morgan fingerprint density at radius 1 is 1.12 bits per heavy atom. The zero-order valence-corrected chi connectivity index (χ0v) is 34.6. The van der Waals surface area contributed by atoms with Crippen molar-refractivity contribution in [2.75, 3.05) is 57.8 Å². The second kappa shape index (κ2) is 17.9. The molecule has 2 saturated heterocycles. The number of pyridine rings is 1. The molecule has 5 heterocycles. The van der Waals surface area contributed by atoms with Crippen LogP contribution in [-0.2, 0) is 17.7 Å². The molecule has 1 aliphatic carbocycles. The largest absolute Gasteiger partial charge is 0.490 e. The third-order valence-electron chi connectivity index (χ3n) is 11.6. The number of hydrogen-bond acceptors (Lipinski definition) is 10. The highest BCUT2D eigenvalue weighted by Gasteiger charge is 2.54. The molecule has 11 nitrogen and oxygen atoms in total. The van der Waals surface area contributed by atoms with Crippen molar-refractivity contribution < 1.29 is 23.4 Å². The maximum Gasteiger partial charge on any atom is 0.410 e. The molecule has 4 aliphatic rings. The summed E-state index contributed by atoms with van der Waals surface area (Å²) in [5.41, 5.74) is 2.65. The van der Waals surface area contributed by atoms with Gasteiger partial charge < -0.3 is 28.9 Å². The van der Waals surface area contributed by atoms with Gasteiger partial charge in [0, 0.05) is 80.2 Å².